The Kier molecular flexibility index (Phi) is 6.27. The summed E-state index contributed by atoms with van der Waals surface area (Å²) in [7, 11) is -0.591. The lowest BCUT2D eigenvalue weighted by atomic mass is 10.0. The molecule has 2 aromatic carbocycles. The molecular formula is C24H34O5Si. The summed E-state index contributed by atoms with van der Waals surface area (Å²) >= 11 is 0. The molecule has 0 aromatic heterocycles. The van der Waals surface area contributed by atoms with E-state index in [1.165, 1.54) is 0 Å². The van der Waals surface area contributed by atoms with Gasteiger partial charge in [0.05, 0.1) is 7.11 Å². The third-order valence-electron chi connectivity index (χ3n) is 6.27. The van der Waals surface area contributed by atoms with Gasteiger partial charge >= 0.3 is 0 Å². The van der Waals surface area contributed by atoms with E-state index in [4.69, 9.17) is 18.6 Å². The molecule has 0 atom stereocenters. The minimum Gasteiger partial charge on any atom is -0.542 e. The normalized spacial score (nSPS) is 13.4. The summed E-state index contributed by atoms with van der Waals surface area (Å²) in [5.74, 6) is 2.95. The number of aryl methyl sites for hydroxylation is 1. The predicted molar refractivity (Wildman–Crippen MR) is 123 cm³/mol. The molecule has 1 heterocycles. The Bertz CT molecular complexity index is 899. The molecule has 30 heavy (non-hydrogen) atoms. The maximum atomic E-state index is 10.8. The lowest BCUT2D eigenvalue weighted by Crippen LogP contribution is -2.50. The average molecular weight is 431 g/mol. The van der Waals surface area contributed by atoms with Gasteiger partial charge < -0.3 is 23.7 Å². The predicted octanol–water partition coefficient (Wildman–Crippen LogP) is 6.66. The van der Waals surface area contributed by atoms with Crippen molar-refractivity contribution in [2.75, 3.05) is 13.9 Å². The van der Waals surface area contributed by atoms with Crippen LogP contribution < -0.4 is 18.6 Å². The molecule has 1 aliphatic heterocycles. The molecule has 0 unspecified atom stereocenters. The van der Waals surface area contributed by atoms with Gasteiger partial charge in [-0.1, -0.05) is 41.5 Å². The maximum Gasteiger partial charge on any atom is 0.258 e. The Hall–Kier alpha value is -2.34. The van der Waals surface area contributed by atoms with Crippen LogP contribution in [0.1, 0.15) is 47.1 Å². The molecule has 3 rings (SSSR count). The molecule has 6 heteroatoms. The number of methoxy groups -OCH3 is 1. The molecule has 0 aliphatic carbocycles. The van der Waals surface area contributed by atoms with E-state index >= 15 is 0 Å². The summed E-state index contributed by atoms with van der Waals surface area (Å²) in [6, 6.07) is 7.40. The van der Waals surface area contributed by atoms with Crippen molar-refractivity contribution in [3.8, 4) is 39.9 Å². The SMILES string of the molecule is COc1cc(-c2cc3c(cc2O[Si](C(C)C)(C(C)C)C(C)C)OCO3)c(O)cc1C. The summed E-state index contributed by atoms with van der Waals surface area (Å²) in [5, 5.41) is 10.8. The molecule has 1 N–H and O–H groups in total. The zero-order valence-electron chi connectivity index (χ0n) is 19.3. The molecule has 0 bridgehead atoms. The van der Waals surface area contributed by atoms with Crippen LogP contribution in [-0.2, 0) is 0 Å². The summed E-state index contributed by atoms with van der Waals surface area (Å²) in [4.78, 5) is 0. The van der Waals surface area contributed by atoms with E-state index < -0.39 is 8.32 Å². The van der Waals surface area contributed by atoms with E-state index in [0.29, 0.717) is 39.4 Å². The smallest absolute Gasteiger partial charge is 0.258 e. The van der Waals surface area contributed by atoms with Gasteiger partial charge in [-0.2, -0.15) is 0 Å². The van der Waals surface area contributed by atoms with Gasteiger partial charge in [-0.15, -0.1) is 0 Å². The van der Waals surface area contributed by atoms with Crippen molar-refractivity contribution in [1.82, 2.24) is 0 Å². The fraction of sp³-hybridized carbons (Fsp3) is 0.500. The van der Waals surface area contributed by atoms with E-state index in [0.717, 1.165) is 16.9 Å². The highest BCUT2D eigenvalue weighted by atomic mass is 28.4. The molecule has 1 aliphatic rings. The van der Waals surface area contributed by atoms with Crippen molar-refractivity contribution in [3.05, 3.63) is 29.8 Å². The molecule has 164 valence electrons. The number of hydrogen-bond donors (Lipinski definition) is 1. The van der Waals surface area contributed by atoms with Crippen LogP contribution in [0.4, 0.5) is 0 Å². The minimum atomic E-state index is -2.22. The zero-order valence-corrected chi connectivity index (χ0v) is 20.3. The first kappa shape index (κ1) is 22.3. The van der Waals surface area contributed by atoms with E-state index in [2.05, 4.69) is 41.5 Å². The molecule has 5 nitrogen and oxygen atoms in total. The highest BCUT2D eigenvalue weighted by Gasteiger charge is 2.47. The molecular weight excluding hydrogens is 396 g/mol. The second-order valence-corrected chi connectivity index (χ2v) is 14.3. The Morgan fingerprint density at radius 1 is 0.833 bits per heavy atom. The van der Waals surface area contributed by atoms with Crippen molar-refractivity contribution in [2.45, 2.75) is 65.1 Å². The molecule has 0 saturated heterocycles. The highest BCUT2D eigenvalue weighted by Crippen LogP contribution is 2.50. The van der Waals surface area contributed by atoms with Gasteiger partial charge in [0.25, 0.3) is 8.32 Å². The molecule has 0 saturated carbocycles. The van der Waals surface area contributed by atoms with Crippen LogP contribution in [0.15, 0.2) is 24.3 Å². The first-order valence-corrected chi connectivity index (χ1v) is 12.8. The second kappa shape index (κ2) is 8.42. The topological polar surface area (TPSA) is 57.2 Å². The molecule has 2 aromatic rings. The van der Waals surface area contributed by atoms with Gasteiger partial charge in [0.15, 0.2) is 11.5 Å². The van der Waals surface area contributed by atoms with Gasteiger partial charge in [0, 0.05) is 17.2 Å². The van der Waals surface area contributed by atoms with Crippen molar-refractivity contribution in [2.24, 2.45) is 0 Å². The average Bonchev–Trinajstić information content (AvgIpc) is 3.12. The number of ether oxygens (including phenoxy) is 3. The van der Waals surface area contributed by atoms with E-state index in [9.17, 15) is 5.11 Å². The molecule has 0 radical (unpaired) electrons. The highest BCUT2D eigenvalue weighted by molar-refractivity contribution is 6.78. The standard InChI is InChI=1S/C24H34O5Si/c1-14(2)30(15(3)4,16(5)6)29-22-12-24-23(27-13-28-24)11-19(22)18-10-21(26-8)17(7)9-20(18)25/h9-12,14-16,25H,13H2,1-8H3. The number of hydrogen-bond acceptors (Lipinski definition) is 5. The number of benzene rings is 2. The van der Waals surface area contributed by atoms with Crippen LogP contribution in [0, 0.1) is 6.92 Å². The van der Waals surface area contributed by atoms with Crippen LogP contribution in [0.25, 0.3) is 11.1 Å². The fourth-order valence-corrected chi connectivity index (χ4v) is 10.1. The maximum absolute atomic E-state index is 10.8. The fourth-order valence-electron chi connectivity index (χ4n) is 4.87. The summed E-state index contributed by atoms with van der Waals surface area (Å²) in [5.41, 5.74) is 3.56. The van der Waals surface area contributed by atoms with E-state index in [-0.39, 0.29) is 12.5 Å². The summed E-state index contributed by atoms with van der Waals surface area (Å²) in [6.45, 7) is 15.6. The second-order valence-electron chi connectivity index (χ2n) is 8.96. The van der Waals surface area contributed by atoms with E-state index in [1.54, 1.807) is 13.2 Å². The van der Waals surface area contributed by atoms with Crippen LogP contribution in [0.3, 0.4) is 0 Å². The number of aromatic hydroxyl groups is 1. The Morgan fingerprint density at radius 3 is 1.93 bits per heavy atom. The number of phenolic OH excluding ortho intramolecular Hbond substituents is 1. The Balaban J connectivity index is 2.23. The quantitative estimate of drug-likeness (QED) is 0.498. The van der Waals surface area contributed by atoms with Crippen molar-refractivity contribution in [1.29, 1.82) is 0 Å². The van der Waals surface area contributed by atoms with Crippen LogP contribution in [0.5, 0.6) is 28.7 Å². The first-order valence-electron chi connectivity index (χ1n) is 10.6. The van der Waals surface area contributed by atoms with Gasteiger partial charge in [-0.05, 0) is 47.3 Å². The number of phenols is 1. The lowest BCUT2D eigenvalue weighted by Gasteiger charge is -2.42. The van der Waals surface area contributed by atoms with Crippen LogP contribution >= 0.6 is 0 Å². The van der Waals surface area contributed by atoms with Crippen molar-refractivity contribution in [3.63, 3.8) is 0 Å². The molecule has 0 fully saturated rings. The third kappa shape index (κ3) is 3.73. The van der Waals surface area contributed by atoms with Gasteiger partial charge in [-0.25, -0.2) is 0 Å². The minimum absolute atomic E-state index is 0.183. The van der Waals surface area contributed by atoms with Gasteiger partial charge in [0.1, 0.15) is 17.2 Å². The largest absolute Gasteiger partial charge is 0.542 e. The van der Waals surface area contributed by atoms with Crippen molar-refractivity contribution >= 4 is 8.32 Å². The van der Waals surface area contributed by atoms with Crippen LogP contribution in [-0.4, -0.2) is 27.3 Å². The van der Waals surface area contributed by atoms with Crippen LogP contribution in [0.2, 0.25) is 16.6 Å². The molecule has 0 spiro atoms. The third-order valence-corrected chi connectivity index (χ3v) is 12.3. The lowest BCUT2D eigenvalue weighted by molar-refractivity contribution is 0.174. The summed E-state index contributed by atoms with van der Waals surface area (Å²) < 4.78 is 23.8. The zero-order chi connectivity index (χ0) is 22.2. The van der Waals surface area contributed by atoms with E-state index in [1.807, 2.05) is 25.1 Å². The monoisotopic (exact) mass is 430 g/mol. The molecule has 0 amide bonds. The van der Waals surface area contributed by atoms with Gasteiger partial charge in [-0.3, -0.25) is 0 Å². The Labute approximate surface area is 181 Å². The summed E-state index contributed by atoms with van der Waals surface area (Å²) in [6.07, 6.45) is 0. The number of rotatable bonds is 7. The van der Waals surface area contributed by atoms with Crippen molar-refractivity contribution < 1.29 is 23.7 Å². The Morgan fingerprint density at radius 2 is 1.40 bits per heavy atom. The van der Waals surface area contributed by atoms with Gasteiger partial charge in [0.2, 0.25) is 6.79 Å². The first-order chi connectivity index (χ1) is 14.1. The number of fused-ring (bicyclic) bond motifs is 1.